The van der Waals surface area contributed by atoms with Crippen molar-refractivity contribution in [3.05, 3.63) is 22.4 Å². The average Bonchev–Trinajstić information content (AvgIpc) is 2.82. The van der Waals surface area contributed by atoms with Gasteiger partial charge in [-0.2, -0.15) is 11.3 Å². The van der Waals surface area contributed by atoms with Crippen molar-refractivity contribution in [2.45, 2.75) is 25.3 Å². The van der Waals surface area contributed by atoms with E-state index in [0.717, 1.165) is 18.1 Å². The summed E-state index contributed by atoms with van der Waals surface area (Å²) in [6, 6.07) is 2.81. The van der Waals surface area contributed by atoms with Crippen molar-refractivity contribution in [3.8, 4) is 0 Å². The van der Waals surface area contributed by atoms with E-state index >= 15 is 0 Å². The fourth-order valence-corrected chi connectivity index (χ4v) is 2.19. The van der Waals surface area contributed by atoms with E-state index in [9.17, 15) is 0 Å². The molecule has 1 fully saturated rings. The molecule has 2 rings (SSSR count). The largest absolute Gasteiger partial charge is 0.362 e. The third-order valence-electron chi connectivity index (χ3n) is 2.19. The van der Waals surface area contributed by atoms with Gasteiger partial charge in [0.25, 0.3) is 0 Å². The maximum atomic E-state index is 5.15. The first-order valence-electron chi connectivity index (χ1n) is 4.90. The fraction of sp³-hybridized carbons (Fsp3) is 0.500. The standard InChI is InChI=1S/C10H14N2S2/c13-10(12-9-1-2-9)11-5-3-8-4-6-14-7-8/h4,6-7,9H,1-3,5H2,(H2,11,12,13). The van der Waals surface area contributed by atoms with Gasteiger partial charge in [-0.3, -0.25) is 0 Å². The van der Waals surface area contributed by atoms with Crippen molar-refractivity contribution in [1.82, 2.24) is 10.6 Å². The normalized spacial score (nSPS) is 15.1. The molecule has 76 valence electrons. The molecular formula is C10H14N2S2. The molecule has 1 aromatic heterocycles. The van der Waals surface area contributed by atoms with Gasteiger partial charge in [0.2, 0.25) is 0 Å². The minimum atomic E-state index is 0.649. The van der Waals surface area contributed by atoms with Crippen LogP contribution in [0.4, 0.5) is 0 Å². The van der Waals surface area contributed by atoms with Gasteiger partial charge < -0.3 is 10.6 Å². The summed E-state index contributed by atoms with van der Waals surface area (Å²) >= 11 is 6.89. The molecule has 0 spiro atoms. The molecule has 2 N–H and O–H groups in total. The lowest BCUT2D eigenvalue weighted by Gasteiger charge is -2.08. The summed E-state index contributed by atoms with van der Waals surface area (Å²) < 4.78 is 0. The third-order valence-corrected chi connectivity index (χ3v) is 3.19. The molecule has 14 heavy (non-hydrogen) atoms. The highest BCUT2D eigenvalue weighted by molar-refractivity contribution is 7.80. The zero-order valence-electron chi connectivity index (χ0n) is 7.95. The molecule has 0 aromatic carbocycles. The van der Waals surface area contributed by atoms with Crippen LogP contribution in [0.5, 0.6) is 0 Å². The highest BCUT2D eigenvalue weighted by Gasteiger charge is 2.21. The number of rotatable bonds is 4. The minimum Gasteiger partial charge on any atom is -0.362 e. The molecule has 1 aromatic rings. The Bertz CT molecular complexity index is 291. The van der Waals surface area contributed by atoms with Crippen molar-refractivity contribution >= 4 is 28.7 Å². The Morgan fingerprint density at radius 2 is 2.43 bits per heavy atom. The smallest absolute Gasteiger partial charge is 0.166 e. The Balaban J connectivity index is 1.60. The number of hydrogen-bond acceptors (Lipinski definition) is 2. The van der Waals surface area contributed by atoms with Gasteiger partial charge in [0, 0.05) is 12.6 Å². The molecular weight excluding hydrogens is 212 g/mol. The summed E-state index contributed by atoms with van der Waals surface area (Å²) in [7, 11) is 0. The van der Waals surface area contributed by atoms with E-state index in [1.165, 1.54) is 18.4 Å². The summed E-state index contributed by atoms with van der Waals surface area (Å²) in [6.07, 6.45) is 3.59. The van der Waals surface area contributed by atoms with Crippen LogP contribution in [0.15, 0.2) is 16.8 Å². The first-order valence-corrected chi connectivity index (χ1v) is 6.25. The van der Waals surface area contributed by atoms with Crippen LogP contribution in [-0.4, -0.2) is 17.7 Å². The second-order valence-corrected chi connectivity index (χ2v) is 4.74. The van der Waals surface area contributed by atoms with Gasteiger partial charge in [-0.15, -0.1) is 0 Å². The highest BCUT2D eigenvalue weighted by Crippen LogP contribution is 2.18. The van der Waals surface area contributed by atoms with Gasteiger partial charge in [0.05, 0.1) is 0 Å². The number of thiophene rings is 1. The molecule has 0 aliphatic heterocycles. The Morgan fingerprint density at radius 3 is 3.07 bits per heavy atom. The second kappa shape index (κ2) is 4.75. The SMILES string of the molecule is S=C(NCCc1ccsc1)NC1CC1. The van der Waals surface area contributed by atoms with Gasteiger partial charge in [-0.25, -0.2) is 0 Å². The lowest BCUT2D eigenvalue weighted by Crippen LogP contribution is -2.37. The third kappa shape index (κ3) is 3.27. The zero-order valence-corrected chi connectivity index (χ0v) is 9.59. The maximum Gasteiger partial charge on any atom is 0.166 e. The fourth-order valence-electron chi connectivity index (χ4n) is 1.22. The van der Waals surface area contributed by atoms with Gasteiger partial charge in [-0.05, 0) is 53.9 Å². The van der Waals surface area contributed by atoms with E-state index in [2.05, 4.69) is 27.5 Å². The van der Waals surface area contributed by atoms with Crippen molar-refractivity contribution in [1.29, 1.82) is 0 Å². The predicted molar refractivity (Wildman–Crippen MR) is 64.8 cm³/mol. The lowest BCUT2D eigenvalue weighted by atomic mass is 10.2. The van der Waals surface area contributed by atoms with Crippen LogP contribution in [-0.2, 0) is 6.42 Å². The van der Waals surface area contributed by atoms with E-state index in [1.807, 2.05) is 0 Å². The molecule has 0 amide bonds. The summed E-state index contributed by atoms with van der Waals surface area (Å²) in [6.45, 7) is 0.926. The molecule has 4 heteroatoms. The van der Waals surface area contributed by atoms with Crippen molar-refractivity contribution in [2.24, 2.45) is 0 Å². The molecule has 1 aliphatic rings. The van der Waals surface area contributed by atoms with Crippen LogP contribution in [0, 0.1) is 0 Å². The van der Waals surface area contributed by atoms with Gasteiger partial charge >= 0.3 is 0 Å². The van der Waals surface area contributed by atoms with E-state index in [1.54, 1.807) is 11.3 Å². The van der Waals surface area contributed by atoms with Gasteiger partial charge in [-0.1, -0.05) is 0 Å². The molecule has 1 saturated carbocycles. The minimum absolute atomic E-state index is 0.649. The molecule has 1 aliphatic carbocycles. The van der Waals surface area contributed by atoms with E-state index in [-0.39, 0.29) is 0 Å². The van der Waals surface area contributed by atoms with Crippen molar-refractivity contribution < 1.29 is 0 Å². The second-order valence-electron chi connectivity index (χ2n) is 3.56. The molecule has 0 atom stereocenters. The molecule has 0 bridgehead atoms. The first kappa shape index (κ1) is 9.93. The average molecular weight is 226 g/mol. The molecule has 0 radical (unpaired) electrons. The lowest BCUT2D eigenvalue weighted by molar-refractivity contribution is 0.813. The molecule has 0 saturated heterocycles. The summed E-state index contributed by atoms with van der Waals surface area (Å²) in [4.78, 5) is 0. The van der Waals surface area contributed by atoms with Crippen LogP contribution < -0.4 is 10.6 Å². The number of nitrogens with one attached hydrogen (secondary N) is 2. The van der Waals surface area contributed by atoms with Crippen LogP contribution in [0.2, 0.25) is 0 Å². The summed E-state index contributed by atoms with van der Waals surface area (Å²) in [5.41, 5.74) is 1.39. The molecule has 2 nitrogen and oxygen atoms in total. The van der Waals surface area contributed by atoms with Crippen molar-refractivity contribution in [2.75, 3.05) is 6.54 Å². The first-order chi connectivity index (χ1) is 6.84. The predicted octanol–water partition coefficient (Wildman–Crippen LogP) is 1.92. The Kier molecular flexibility index (Phi) is 3.37. The monoisotopic (exact) mass is 226 g/mol. The summed E-state index contributed by atoms with van der Waals surface area (Å²) in [5, 5.41) is 11.6. The van der Waals surface area contributed by atoms with Crippen LogP contribution in [0.1, 0.15) is 18.4 Å². The highest BCUT2D eigenvalue weighted by atomic mass is 32.1. The van der Waals surface area contributed by atoms with Crippen LogP contribution in [0.25, 0.3) is 0 Å². The Hall–Kier alpha value is -0.610. The van der Waals surface area contributed by atoms with E-state index in [0.29, 0.717) is 6.04 Å². The maximum absolute atomic E-state index is 5.15. The Labute approximate surface area is 93.7 Å². The van der Waals surface area contributed by atoms with E-state index < -0.39 is 0 Å². The molecule has 0 unspecified atom stereocenters. The van der Waals surface area contributed by atoms with Crippen molar-refractivity contribution in [3.63, 3.8) is 0 Å². The van der Waals surface area contributed by atoms with Gasteiger partial charge in [0.15, 0.2) is 5.11 Å². The van der Waals surface area contributed by atoms with Crippen LogP contribution >= 0.6 is 23.6 Å². The van der Waals surface area contributed by atoms with Gasteiger partial charge in [0.1, 0.15) is 0 Å². The summed E-state index contributed by atoms with van der Waals surface area (Å²) in [5.74, 6) is 0. The number of thiocarbonyl (C=S) groups is 1. The quantitative estimate of drug-likeness (QED) is 0.767. The van der Waals surface area contributed by atoms with E-state index in [4.69, 9.17) is 12.2 Å². The topological polar surface area (TPSA) is 24.1 Å². The number of hydrogen-bond donors (Lipinski definition) is 2. The Morgan fingerprint density at radius 1 is 1.57 bits per heavy atom. The van der Waals surface area contributed by atoms with Crippen LogP contribution in [0.3, 0.4) is 0 Å². The zero-order chi connectivity index (χ0) is 9.80. The molecule has 1 heterocycles.